The largest absolute Gasteiger partial charge is 0.493 e. The minimum Gasteiger partial charge on any atom is -0.493 e. The number of esters is 1. The normalized spacial score (nSPS) is 13.7. The van der Waals surface area contributed by atoms with Crippen LogP contribution < -0.4 is 4.74 Å². The van der Waals surface area contributed by atoms with Crippen LogP contribution in [0.5, 0.6) is 5.75 Å². The predicted molar refractivity (Wildman–Crippen MR) is 86.3 cm³/mol. The molecule has 0 amide bonds. The summed E-state index contributed by atoms with van der Waals surface area (Å²) in [6, 6.07) is 10.1. The molecule has 0 bridgehead atoms. The Morgan fingerprint density at radius 3 is 2.48 bits per heavy atom. The van der Waals surface area contributed by atoms with Gasteiger partial charge in [0, 0.05) is 0 Å². The minimum absolute atomic E-state index is 0.266. The summed E-state index contributed by atoms with van der Waals surface area (Å²) >= 11 is 0. The van der Waals surface area contributed by atoms with Crippen LogP contribution in [0.2, 0.25) is 0 Å². The van der Waals surface area contributed by atoms with Crippen molar-refractivity contribution in [2.45, 2.75) is 25.7 Å². The van der Waals surface area contributed by atoms with E-state index in [1.165, 1.54) is 19.2 Å². The molecule has 3 rings (SSSR count). The molecular formula is C19H19FO3. The fourth-order valence-corrected chi connectivity index (χ4v) is 2.75. The summed E-state index contributed by atoms with van der Waals surface area (Å²) < 4.78 is 23.7. The molecule has 0 aliphatic heterocycles. The summed E-state index contributed by atoms with van der Waals surface area (Å²) in [5.74, 6) is 0.274. The second-order valence-electron chi connectivity index (χ2n) is 5.64. The standard InChI is InChI=1S/C19H19FO3/c1-3-23-18-11-16(13-6-8-14(20)9-7-13)15(12-4-5-12)10-17(18)19(21)22-2/h6-12H,3-5H2,1-2H3. The molecule has 1 aliphatic carbocycles. The molecule has 0 saturated heterocycles. The molecule has 0 N–H and O–H groups in total. The fourth-order valence-electron chi connectivity index (χ4n) is 2.75. The molecule has 1 aliphatic rings. The summed E-state index contributed by atoms with van der Waals surface area (Å²) in [4.78, 5) is 12.0. The predicted octanol–water partition coefficient (Wildman–Crippen LogP) is 4.56. The van der Waals surface area contributed by atoms with Crippen LogP contribution in [0.15, 0.2) is 36.4 Å². The van der Waals surface area contributed by atoms with Crippen LogP contribution in [0.25, 0.3) is 11.1 Å². The summed E-state index contributed by atoms with van der Waals surface area (Å²) in [6.07, 6.45) is 2.20. The average Bonchev–Trinajstić information content (AvgIpc) is 3.40. The third-order valence-corrected chi connectivity index (χ3v) is 4.03. The van der Waals surface area contributed by atoms with Gasteiger partial charge in [0.2, 0.25) is 0 Å². The first-order valence-electron chi connectivity index (χ1n) is 7.79. The lowest BCUT2D eigenvalue weighted by Crippen LogP contribution is -2.07. The van der Waals surface area contributed by atoms with Gasteiger partial charge in [0.1, 0.15) is 17.1 Å². The van der Waals surface area contributed by atoms with Crippen LogP contribution in [0.1, 0.15) is 41.6 Å². The van der Waals surface area contributed by atoms with Crippen LogP contribution in [0, 0.1) is 5.82 Å². The Balaban J connectivity index is 2.15. The molecule has 23 heavy (non-hydrogen) atoms. The van der Waals surface area contributed by atoms with Crippen molar-refractivity contribution in [3.8, 4) is 16.9 Å². The number of carbonyl (C=O) groups is 1. The Hall–Kier alpha value is -2.36. The Kier molecular flexibility index (Phi) is 4.33. The van der Waals surface area contributed by atoms with Crippen LogP contribution in [0.4, 0.5) is 4.39 Å². The molecule has 0 radical (unpaired) electrons. The van der Waals surface area contributed by atoms with Gasteiger partial charge in [-0.3, -0.25) is 0 Å². The first-order chi connectivity index (χ1) is 11.1. The fraction of sp³-hybridized carbons (Fsp3) is 0.316. The molecule has 1 fully saturated rings. The maximum Gasteiger partial charge on any atom is 0.341 e. The van der Waals surface area contributed by atoms with Gasteiger partial charge in [0.25, 0.3) is 0 Å². The van der Waals surface area contributed by atoms with Gasteiger partial charge in [-0.1, -0.05) is 12.1 Å². The zero-order chi connectivity index (χ0) is 16.4. The molecule has 0 heterocycles. The molecule has 0 aromatic heterocycles. The zero-order valence-electron chi connectivity index (χ0n) is 13.3. The summed E-state index contributed by atoms with van der Waals surface area (Å²) in [6.45, 7) is 2.32. The number of hydrogen-bond donors (Lipinski definition) is 0. The number of ether oxygens (including phenoxy) is 2. The van der Waals surface area contributed by atoms with Crippen molar-refractivity contribution in [3.63, 3.8) is 0 Å². The zero-order valence-corrected chi connectivity index (χ0v) is 13.3. The molecule has 3 nitrogen and oxygen atoms in total. The van der Waals surface area contributed by atoms with Crippen LogP contribution in [-0.4, -0.2) is 19.7 Å². The molecule has 0 unspecified atom stereocenters. The SMILES string of the molecule is CCOc1cc(-c2ccc(F)cc2)c(C2CC2)cc1C(=O)OC. The van der Waals surface area contributed by atoms with E-state index in [-0.39, 0.29) is 5.82 Å². The lowest BCUT2D eigenvalue weighted by atomic mass is 9.94. The highest BCUT2D eigenvalue weighted by Gasteiger charge is 2.29. The molecule has 0 atom stereocenters. The van der Waals surface area contributed by atoms with E-state index < -0.39 is 5.97 Å². The van der Waals surface area contributed by atoms with E-state index in [0.29, 0.717) is 23.8 Å². The highest BCUT2D eigenvalue weighted by atomic mass is 19.1. The highest BCUT2D eigenvalue weighted by molar-refractivity contribution is 5.94. The maximum atomic E-state index is 13.2. The lowest BCUT2D eigenvalue weighted by molar-refractivity contribution is 0.0596. The Morgan fingerprint density at radius 2 is 1.91 bits per heavy atom. The molecule has 0 spiro atoms. The second-order valence-corrected chi connectivity index (χ2v) is 5.64. The van der Waals surface area contributed by atoms with Crippen molar-refractivity contribution < 1.29 is 18.7 Å². The van der Waals surface area contributed by atoms with Crippen LogP contribution >= 0.6 is 0 Å². The average molecular weight is 314 g/mol. The molecular weight excluding hydrogens is 295 g/mol. The van der Waals surface area contributed by atoms with E-state index in [0.717, 1.165) is 29.5 Å². The van der Waals surface area contributed by atoms with E-state index in [1.807, 2.05) is 19.1 Å². The number of benzene rings is 2. The molecule has 1 saturated carbocycles. The lowest BCUT2D eigenvalue weighted by Gasteiger charge is -2.16. The Bertz CT molecular complexity index is 718. The number of carbonyl (C=O) groups excluding carboxylic acids is 1. The number of halogens is 1. The van der Waals surface area contributed by atoms with E-state index in [4.69, 9.17) is 9.47 Å². The van der Waals surface area contributed by atoms with E-state index in [1.54, 1.807) is 12.1 Å². The Morgan fingerprint density at radius 1 is 1.22 bits per heavy atom. The number of rotatable bonds is 5. The smallest absolute Gasteiger partial charge is 0.341 e. The maximum absolute atomic E-state index is 13.2. The van der Waals surface area contributed by atoms with E-state index >= 15 is 0 Å². The van der Waals surface area contributed by atoms with Gasteiger partial charge >= 0.3 is 5.97 Å². The van der Waals surface area contributed by atoms with Gasteiger partial charge in [-0.25, -0.2) is 9.18 Å². The van der Waals surface area contributed by atoms with E-state index in [2.05, 4.69) is 0 Å². The summed E-state index contributed by atoms with van der Waals surface area (Å²) in [5.41, 5.74) is 3.46. The van der Waals surface area contributed by atoms with Crippen molar-refractivity contribution in [2.24, 2.45) is 0 Å². The van der Waals surface area contributed by atoms with Gasteiger partial charge < -0.3 is 9.47 Å². The van der Waals surface area contributed by atoms with Gasteiger partial charge in [-0.15, -0.1) is 0 Å². The van der Waals surface area contributed by atoms with Crippen molar-refractivity contribution >= 4 is 5.97 Å². The molecule has 2 aromatic carbocycles. The molecule has 120 valence electrons. The third-order valence-electron chi connectivity index (χ3n) is 4.03. The highest BCUT2D eigenvalue weighted by Crippen LogP contribution is 2.46. The van der Waals surface area contributed by atoms with Crippen molar-refractivity contribution in [2.75, 3.05) is 13.7 Å². The van der Waals surface area contributed by atoms with Gasteiger partial charge in [-0.2, -0.15) is 0 Å². The van der Waals surface area contributed by atoms with Crippen molar-refractivity contribution in [1.82, 2.24) is 0 Å². The molecule has 2 aromatic rings. The Labute approximate surface area is 135 Å². The first kappa shape index (κ1) is 15.5. The van der Waals surface area contributed by atoms with Gasteiger partial charge in [0.15, 0.2) is 0 Å². The third kappa shape index (κ3) is 3.21. The van der Waals surface area contributed by atoms with Crippen molar-refractivity contribution in [1.29, 1.82) is 0 Å². The van der Waals surface area contributed by atoms with Crippen LogP contribution in [-0.2, 0) is 4.74 Å². The quantitative estimate of drug-likeness (QED) is 0.759. The number of hydrogen-bond acceptors (Lipinski definition) is 3. The second kappa shape index (κ2) is 6.41. The van der Waals surface area contributed by atoms with Crippen LogP contribution in [0.3, 0.4) is 0 Å². The van der Waals surface area contributed by atoms with Gasteiger partial charge in [-0.05, 0) is 66.6 Å². The van der Waals surface area contributed by atoms with Crippen molar-refractivity contribution in [3.05, 3.63) is 53.3 Å². The molecule has 4 heteroatoms. The summed E-state index contributed by atoms with van der Waals surface area (Å²) in [5, 5.41) is 0. The first-order valence-corrected chi connectivity index (χ1v) is 7.79. The number of methoxy groups -OCH3 is 1. The topological polar surface area (TPSA) is 35.5 Å². The monoisotopic (exact) mass is 314 g/mol. The minimum atomic E-state index is -0.402. The summed E-state index contributed by atoms with van der Waals surface area (Å²) in [7, 11) is 1.36. The van der Waals surface area contributed by atoms with E-state index in [9.17, 15) is 9.18 Å². The van der Waals surface area contributed by atoms with Gasteiger partial charge in [0.05, 0.1) is 13.7 Å².